The number of carbonyl (C=O) groups is 1. The van der Waals surface area contributed by atoms with Gasteiger partial charge in [-0.3, -0.25) is 0 Å². The lowest BCUT2D eigenvalue weighted by Gasteiger charge is -2.49. The second-order valence-corrected chi connectivity index (χ2v) is 37.0. The highest BCUT2D eigenvalue weighted by Crippen LogP contribution is 2.40. The van der Waals surface area contributed by atoms with Gasteiger partial charge in [0, 0.05) is 5.57 Å². The van der Waals surface area contributed by atoms with Crippen LogP contribution in [-0.2, 0) is 29.8 Å². The molecule has 0 aromatic carbocycles. The first-order chi connectivity index (χ1) is 20.2. The van der Waals surface area contributed by atoms with Crippen molar-refractivity contribution in [2.24, 2.45) is 0 Å². The largest absolute Gasteiger partial charge is 0.491 e. The van der Waals surface area contributed by atoms with E-state index in [1.807, 2.05) is 0 Å². The number of hydrogen-bond donors (Lipinski definition) is 0. The number of carbonyl (C=O) groups excluding carboxylic acids is 1. The summed E-state index contributed by atoms with van der Waals surface area (Å²) >= 11 is 0. The summed E-state index contributed by atoms with van der Waals surface area (Å²) in [6.45, 7) is 34.3. The van der Waals surface area contributed by atoms with E-state index >= 15 is 0 Å². The smallest absolute Gasteiger partial charge is 0.392 e. The average Bonchev–Trinajstić information content (AvgIpc) is 3.05. The zero-order valence-electron chi connectivity index (χ0n) is 30.8. The van der Waals surface area contributed by atoms with Crippen LogP contribution in [-0.4, -0.2) is 57.1 Å². The first-order valence-electron chi connectivity index (χ1n) is 17.5. The topological polar surface area (TPSA) is 72.5 Å². The second kappa shape index (κ2) is 19.2. The molecule has 0 aromatic rings. The van der Waals surface area contributed by atoms with Gasteiger partial charge in [-0.15, -0.1) is 0 Å². The molecule has 0 aliphatic carbocycles. The third-order valence-corrected chi connectivity index (χ3v) is 40.2. The Kier molecular flexibility index (Phi) is 19.3. The van der Waals surface area contributed by atoms with Crippen LogP contribution >= 0.6 is 0 Å². The molecule has 0 saturated heterocycles. The fourth-order valence-corrected chi connectivity index (χ4v) is 39.0. The molecule has 13 heteroatoms. The van der Waals surface area contributed by atoms with Gasteiger partial charge in [-0.25, -0.2) is 4.79 Å². The zero-order valence-corrected chi connectivity index (χ0v) is 36.8. The van der Waals surface area contributed by atoms with Crippen LogP contribution in [0.15, 0.2) is 12.2 Å². The third kappa shape index (κ3) is 11.2. The van der Waals surface area contributed by atoms with Crippen molar-refractivity contribution in [1.29, 1.82) is 0 Å². The Balaban J connectivity index is 6.79. The van der Waals surface area contributed by atoms with E-state index in [-0.39, 0.29) is 5.97 Å². The molecule has 0 atom stereocenters. The van der Waals surface area contributed by atoms with E-state index in [2.05, 4.69) is 96.6 Å². The van der Waals surface area contributed by atoms with Crippen molar-refractivity contribution >= 4 is 57.1 Å². The van der Waals surface area contributed by atoms with Crippen molar-refractivity contribution in [3.8, 4) is 0 Å². The van der Waals surface area contributed by atoms with E-state index in [4.69, 9.17) is 25.0 Å². The van der Waals surface area contributed by atoms with Crippen LogP contribution in [0.5, 0.6) is 0 Å². The molecule has 0 rings (SSSR count). The number of hydrogen-bond acceptors (Lipinski definition) is 7. The minimum absolute atomic E-state index is 0.362. The van der Waals surface area contributed by atoms with Crippen LogP contribution in [0, 0.1) is 0 Å². The van der Waals surface area contributed by atoms with E-state index in [0.717, 1.165) is 66.5 Å². The van der Waals surface area contributed by atoms with Gasteiger partial charge in [-0.1, -0.05) is 96.6 Å². The van der Waals surface area contributed by atoms with Crippen LogP contribution in [0.3, 0.4) is 0 Å². The highest BCUT2D eigenvalue weighted by Gasteiger charge is 2.56. The van der Waals surface area contributed by atoms with E-state index in [9.17, 15) is 4.79 Å². The van der Waals surface area contributed by atoms with Crippen molar-refractivity contribution < 1.29 is 29.8 Å². The Morgan fingerprint density at radius 1 is 0.419 bits per heavy atom. The first kappa shape index (κ1) is 43.3. The van der Waals surface area contributed by atoms with Gasteiger partial charge in [-0.05, 0) is 85.5 Å². The molecular formula is C30H70O7Si6. The van der Waals surface area contributed by atoms with E-state index in [0.29, 0.717) is 17.7 Å². The van der Waals surface area contributed by atoms with Gasteiger partial charge >= 0.3 is 48.8 Å². The molecule has 0 N–H and O–H groups in total. The molecular weight excluding hydrogens is 641 g/mol. The zero-order chi connectivity index (χ0) is 33.6. The maximum absolute atomic E-state index is 12.7. The van der Waals surface area contributed by atoms with Gasteiger partial charge in [0.2, 0.25) is 0 Å². The summed E-state index contributed by atoms with van der Waals surface area (Å²) in [5.74, 6) is -0.362. The summed E-state index contributed by atoms with van der Waals surface area (Å²) in [6, 6.07) is 11.5. The molecule has 0 heterocycles. The highest BCUT2D eigenvalue weighted by molar-refractivity contribution is 6.93. The third-order valence-electron chi connectivity index (χ3n) is 9.84. The minimum Gasteiger partial charge on any atom is -0.491 e. The Bertz CT molecular complexity index is 812. The second-order valence-electron chi connectivity index (χ2n) is 12.0. The summed E-state index contributed by atoms with van der Waals surface area (Å²) in [5.41, 5.74) is 0.402. The SMILES string of the molecule is C=C(C)C(=O)O[Si](CC)(CC)O[Si](CC)(CC)O[Si](CC)(CC)O[Si](CC)(CC)O[Si](CC)(CC)O[Si](CC)(CC)CC. The molecule has 0 unspecified atom stereocenters. The van der Waals surface area contributed by atoms with Crippen molar-refractivity contribution in [3.63, 3.8) is 0 Å². The maximum atomic E-state index is 12.7. The number of rotatable bonds is 25. The van der Waals surface area contributed by atoms with Crippen LogP contribution in [0.25, 0.3) is 0 Å². The highest BCUT2D eigenvalue weighted by atomic mass is 28.5. The Labute approximate surface area is 273 Å². The Hall–Kier alpha value is 0.311. The van der Waals surface area contributed by atoms with Gasteiger partial charge in [0.15, 0.2) is 8.32 Å². The normalized spacial score (nSPS) is 13.8. The summed E-state index contributed by atoms with van der Waals surface area (Å²) in [6.07, 6.45) is 0. The van der Waals surface area contributed by atoms with Crippen LogP contribution < -0.4 is 0 Å². The fourth-order valence-electron chi connectivity index (χ4n) is 5.77. The predicted octanol–water partition coefficient (Wildman–Crippen LogP) is 10.6. The molecule has 0 aromatic heterocycles. The molecule has 0 aliphatic rings. The molecule has 0 bridgehead atoms. The van der Waals surface area contributed by atoms with Crippen molar-refractivity contribution in [2.75, 3.05) is 0 Å². The monoisotopic (exact) mass is 710 g/mol. The summed E-state index contributed by atoms with van der Waals surface area (Å²) < 4.78 is 43.0. The standard InChI is InChI=1S/C30H70O7Si6/c1-16-38(17-2,18-3)33-40(21-6,22-7)35-42(25-10,26-11)37-43(27-12,28-13)36-41(23-8,24-9)34-39(19-4,20-5)32-30(31)29(14)15/h14,16-28H2,1-13,15H3. The summed E-state index contributed by atoms with van der Waals surface area (Å²) in [4.78, 5) is 12.7. The van der Waals surface area contributed by atoms with Crippen LogP contribution in [0.4, 0.5) is 0 Å². The lowest BCUT2D eigenvalue weighted by atomic mass is 10.4. The molecule has 0 amide bonds. The van der Waals surface area contributed by atoms with E-state index in [1.165, 1.54) is 0 Å². The quantitative estimate of drug-likeness (QED) is 0.0690. The predicted molar refractivity (Wildman–Crippen MR) is 197 cm³/mol. The van der Waals surface area contributed by atoms with E-state index in [1.54, 1.807) is 6.92 Å². The Morgan fingerprint density at radius 2 is 0.651 bits per heavy atom. The lowest BCUT2D eigenvalue weighted by Crippen LogP contribution is -2.65. The maximum Gasteiger partial charge on any atom is 0.392 e. The van der Waals surface area contributed by atoms with Gasteiger partial charge in [0.1, 0.15) is 0 Å². The molecule has 0 aliphatic heterocycles. The van der Waals surface area contributed by atoms with Crippen molar-refractivity contribution in [3.05, 3.63) is 12.2 Å². The molecule has 256 valence electrons. The van der Waals surface area contributed by atoms with E-state index < -0.39 is 51.1 Å². The van der Waals surface area contributed by atoms with Crippen LogP contribution in [0.2, 0.25) is 78.6 Å². The van der Waals surface area contributed by atoms with Gasteiger partial charge in [0.05, 0.1) is 0 Å². The van der Waals surface area contributed by atoms with Gasteiger partial charge in [-0.2, -0.15) is 0 Å². The molecule has 0 fully saturated rings. The first-order valence-corrected chi connectivity index (χ1v) is 31.2. The molecule has 7 nitrogen and oxygen atoms in total. The van der Waals surface area contributed by atoms with Gasteiger partial charge in [0.25, 0.3) is 0 Å². The van der Waals surface area contributed by atoms with Crippen molar-refractivity contribution in [1.82, 2.24) is 0 Å². The van der Waals surface area contributed by atoms with Crippen molar-refractivity contribution in [2.45, 2.75) is 176 Å². The summed E-state index contributed by atoms with van der Waals surface area (Å²) in [7, 11) is -15.5. The van der Waals surface area contributed by atoms with Gasteiger partial charge < -0.3 is 25.0 Å². The average molecular weight is 711 g/mol. The fraction of sp³-hybridized carbons (Fsp3) is 0.900. The summed E-state index contributed by atoms with van der Waals surface area (Å²) in [5, 5.41) is 0. The Morgan fingerprint density at radius 3 is 0.860 bits per heavy atom. The van der Waals surface area contributed by atoms with Crippen LogP contribution in [0.1, 0.15) is 96.9 Å². The lowest BCUT2D eigenvalue weighted by molar-refractivity contribution is -0.132. The minimum atomic E-state index is -2.87. The molecule has 43 heavy (non-hydrogen) atoms. The molecule has 0 radical (unpaired) electrons. The molecule has 0 saturated carbocycles. The molecule has 0 spiro atoms.